The van der Waals surface area contributed by atoms with Crippen LogP contribution in [0, 0.1) is 0 Å². The SMILES string of the molecule is O=C(O)C(Cl)CCc1cccc(Cl)c1CCCCI. The van der Waals surface area contributed by atoms with Crippen LogP contribution in [-0.2, 0) is 17.6 Å². The molecular formula is C14H17Cl2IO2. The Labute approximate surface area is 137 Å². The monoisotopic (exact) mass is 414 g/mol. The van der Waals surface area contributed by atoms with Crippen LogP contribution in [0.4, 0.5) is 0 Å². The highest BCUT2D eigenvalue weighted by Gasteiger charge is 2.15. The number of carboxylic acid groups (broad SMARTS) is 1. The number of aryl methyl sites for hydroxylation is 1. The number of alkyl halides is 2. The average Bonchev–Trinajstić information content (AvgIpc) is 2.38. The van der Waals surface area contributed by atoms with Gasteiger partial charge in [0.1, 0.15) is 5.38 Å². The summed E-state index contributed by atoms with van der Waals surface area (Å²) in [6.45, 7) is 0. The number of hydrogen-bond acceptors (Lipinski definition) is 1. The predicted octanol–water partition coefficient (Wildman–Crippen LogP) is 4.72. The third-order valence-corrected chi connectivity index (χ3v) is 4.48. The first-order valence-corrected chi connectivity index (χ1v) is 8.59. The van der Waals surface area contributed by atoms with Crippen molar-refractivity contribution in [3.05, 3.63) is 34.3 Å². The summed E-state index contributed by atoms with van der Waals surface area (Å²) in [6.07, 6.45) is 4.29. The molecule has 2 nitrogen and oxygen atoms in total. The summed E-state index contributed by atoms with van der Waals surface area (Å²) in [6, 6.07) is 5.81. The molecule has 0 aliphatic carbocycles. The molecule has 0 radical (unpaired) electrons. The van der Waals surface area contributed by atoms with Gasteiger partial charge < -0.3 is 5.11 Å². The molecule has 0 spiro atoms. The van der Waals surface area contributed by atoms with Gasteiger partial charge in [0.25, 0.3) is 0 Å². The minimum absolute atomic E-state index is 0.427. The molecule has 1 aromatic carbocycles. The van der Waals surface area contributed by atoms with Gasteiger partial charge in [0.05, 0.1) is 0 Å². The summed E-state index contributed by atoms with van der Waals surface area (Å²) in [5.74, 6) is -0.963. The minimum Gasteiger partial charge on any atom is -0.480 e. The number of hydrogen-bond donors (Lipinski definition) is 1. The van der Waals surface area contributed by atoms with Gasteiger partial charge in [-0.2, -0.15) is 0 Å². The zero-order chi connectivity index (χ0) is 14.3. The van der Waals surface area contributed by atoms with Crippen LogP contribution in [0.2, 0.25) is 5.02 Å². The van der Waals surface area contributed by atoms with E-state index >= 15 is 0 Å². The van der Waals surface area contributed by atoms with Gasteiger partial charge in [-0.05, 0) is 53.7 Å². The molecule has 1 rings (SSSR count). The predicted molar refractivity (Wildman–Crippen MR) is 88.9 cm³/mol. The van der Waals surface area contributed by atoms with E-state index in [1.54, 1.807) is 0 Å². The lowest BCUT2D eigenvalue weighted by atomic mass is 9.98. The molecule has 0 saturated heterocycles. The van der Waals surface area contributed by atoms with E-state index in [2.05, 4.69) is 22.6 Å². The number of benzene rings is 1. The van der Waals surface area contributed by atoms with E-state index < -0.39 is 11.3 Å². The average molecular weight is 415 g/mol. The largest absolute Gasteiger partial charge is 0.480 e. The maximum atomic E-state index is 10.7. The molecule has 0 aromatic heterocycles. The molecular weight excluding hydrogens is 398 g/mol. The first-order chi connectivity index (χ1) is 9.06. The second-order valence-corrected chi connectivity index (χ2v) is 6.38. The number of aliphatic carboxylic acids is 1. The van der Waals surface area contributed by atoms with E-state index in [0.29, 0.717) is 12.8 Å². The van der Waals surface area contributed by atoms with Crippen LogP contribution in [0.1, 0.15) is 30.4 Å². The van der Waals surface area contributed by atoms with Gasteiger partial charge in [-0.1, -0.05) is 46.3 Å². The van der Waals surface area contributed by atoms with Crippen molar-refractivity contribution in [2.75, 3.05) is 4.43 Å². The van der Waals surface area contributed by atoms with Gasteiger partial charge in [0.15, 0.2) is 0 Å². The van der Waals surface area contributed by atoms with E-state index in [-0.39, 0.29) is 0 Å². The maximum absolute atomic E-state index is 10.7. The van der Waals surface area contributed by atoms with Crippen LogP contribution < -0.4 is 0 Å². The Morgan fingerprint density at radius 3 is 2.68 bits per heavy atom. The molecule has 0 aliphatic heterocycles. The molecule has 0 fully saturated rings. The number of carboxylic acids is 1. The van der Waals surface area contributed by atoms with Gasteiger partial charge in [0, 0.05) is 5.02 Å². The molecule has 19 heavy (non-hydrogen) atoms. The highest BCUT2D eigenvalue weighted by molar-refractivity contribution is 14.1. The zero-order valence-corrected chi connectivity index (χ0v) is 14.2. The topological polar surface area (TPSA) is 37.3 Å². The van der Waals surface area contributed by atoms with Gasteiger partial charge in [-0.25, -0.2) is 0 Å². The Balaban J connectivity index is 2.70. The van der Waals surface area contributed by atoms with E-state index in [0.717, 1.165) is 33.4 Å². The molecule has 1 N–H and O–H groups in total. The van der Waals surface area contributed by atoms with Crippen LogP contribution in [-0.4, -0.2) is 20.9 Å². The smallest absolute Gasteiger partial charge is 0.321 e. The number of halogens is 3. The molecule has 1 aromatic rings. The lowest BCUT2D eigenvalue weighted by Crippen LogP contribution is -2.14. The summed E-state index contributed by atoms with van der Waals surface area (Å²) in [5.41, 5.74) is 2.26. The number of carbonyl (C=O) groups is 1. The molecule has 106 valence electrons. The van der Waals surface area contributed by atoms with Crippen molar-refractivity contribution in [1.29, 1.82) is 0 Å². The fourth-order valence-electron chi connectivity index (χ4n) is 1.92. The van der Waals surface area contributed by atoms with Gasteiger partial charge >= 0.3 is 5.97 Å². The molecule has 0 saturated carbocycles. The first kappa shape index (κ1) is 17.1. The van der Waals surface area contributed by atoms with E-state index in [1.807, 2.05) is 18.2 Å². The van der Waals surface area contributed by atoms with Crippen molar-refractivity contribution in [3.8, 4) is 0 Å². The van der Waals surface area contributed by atoms with Crippen LogP contribution in [0.5, 0.6) is 0 Å². The van der Waals surface area contributed by atoms with Crippen molar-refractivity contribution < 1.29 is 9.90 Å². The second kappa shape index (κ2) is 9.03. The number of unbranched alkanes of at least 4 members (excludes halogenated alkanes) is 1. The summed E-state index contributed by atoms with van der Waals surface area (Å²) in [5, 5.41) is 8.74. The fourth-order valence-corrected chi connectivity index (χ4v) is 2.86. The van der Waals surface area contributed by atoms with Gasteiger partial charge in [-0.3, -0.25) is 4.79 Å². The normalized spacial score (nSPS) is 12.4. The van der Waals surface area contributed by atoms with Crippen molar-refractivity contribution in [1.82, 2.24) is 0 Å². The summed E-state index contributed by atoms with van der Waals surface area (Å²) >= 11 is 14.4. The maximum Gasteiger partial charge on any atom is 0.321 e. The minimum atomic E-state index is -0.963. The Bertz CT molecular complexity index is 424. The van der Waals surface area contributed by atoms with Crippen LogP contribution >= 0.6 is 45.8 Å². The van der Waals surface area contributed by atoms with Crippen molar-refractivity contribution in [3.63, 3.8) is 0 Å². The number of rotatable bonds is 8. The molecule has 1 atom stereocenters. The summed E-state index contributed by atoms with van der Waals surface area (Å²) < 4.78 is 1.14. The Hall–Kier alpha value is -0.000000000000000111. The first-order valence-electron chi connectivity index (χ1n) is 6.25. The molecule has 0 bridgehead atoms. The summed E-state index contributed by atoms with van der Waals surface area (Å²) in [7, 11) is 0. The molecule has 1 unspecified atom stereocenters. The highest BCUT2D eigenvalue weighted by Crippen LogP contribution is 2.24. The van der Waals surface area contributed by atoms with E-state index in [9.17, 15) is 4.79 Å². The van der Waals surface area contributed by atoms with Crippen LogP contribution in [0.25, 0.3) is 0 Å². The highest BCUT2D eigenvalue weighted by atomic mass is 127. The quantitative estimate of drug-likeness (QED) is 0.379. The lowest BCUT2D eigenvalue weighted by Gasteiger charge is -2.12. The standard InChI is InChI=1S/C14H17Cl2IO2/c15-12-6-3-4-10(7-8-13(16)14(18)19)11(12)5-1-2-9-17/h3-4,6,13H,1-2,5,7-9H2,(H,18,19). The molecule has 0 aliphatic rings. The van der Waals surface area contributed by atoms with Gasteiger partial charge in [0.2, 0.25) is 0 Å². The third kappa shape index (κ3) is 5.88. The summed E-state index contributed by atoms with van der Waals surface area (Å²) in [4.78, 5) is 10.7. The fraction of sp³-hybridized carbons (Fsp3) is 0.500. The van der Waals surface area contributed by atoms with Crippen LogP contribution in [0.3, 0.4) is 0 Å². The Morgan fingerprint density at radius 2 is 2.05 bits per heavy atom. The Morgan fingerprint density at radius 1 is 1.32 bits per heavy atom. The zero-order valence-electron chi connectivity index (χ0n) is 10.5. The molecule has 0 heterocycles. The molecule has 0 amide bonds. The van der Waals surface area contributed by atoms with E-state index in [1.165, 1.54) is 6.42 Å². The van der Waals surface area contributed by atoms with E-state index in [4.69, 9.17) is 28.3 Å². The molecule has 5 heteroatoms. The van der Waals surface area contributed by atoms with Crippen LogP contribution in [0.15, 0.2) is 18.2 Å². The van der Waals surface area contributed by atoms with Gasteiger partial charge in [-0.15, -0.1) is 11.6 Å². The third-order valence-electron chi connectivity index (χ3n) is 2.96. The Kier molecular flexibility index (Phi) is 8.11. The van der Waals surface area contributed by atoms with Crippen molar-refractivity contribution >= 4 is 51.8 Å². The van der Waals surface area contributed by atoms with Crippen molar-refractivity contribution in [2.45, 2.75) is 37.5 Å². The van der Waals surface area contributed by atoms with Crippen molar-refractivity contribution in [2.24, 2.45) is 0 Å². The lowest BCUT2D eigenvalue weighted by molar-refractivity contribution is -0.136. The second-order valence-electron chi connectivity index (χ2n) is 4.37.